The first-order chi connectivity index (χ1) is 7.72. The van der Waals surface area contributed by atoms with Crippen LogP contribution >= 0.6 is 38.5 Å². The van der Waals surface area contributed by atoms with Crippen molar-refractivity contribution in [2.24, 2.45) is 0 Å². The largest absolute Gasteiger partial charge is 0.443 e. The molecule has 0 atom stereocenters. The van der Waals surface area contributed by atoms with Gasteiger partial charge in [-0.1, -0.05) is 15.9 Å². The monoisotopic (exact) mass is 392 g/mol. The number of halogens is 2. The van der Waals surface area contributed by atoms with Gasteiger partial charge in [0.2, 0.25) is 0 Å². The number of aromatic nitrogens is 1. The van der Waals surface area contributed by atoms with Crippen molar-refractivity contribution in [2.75, 3.05) is 7.05 Å². The van der Waals surface area contributed by atoms with Crippen LogP contribution in [0.4, 0.5) is 0 Å². The predicted octanol–water partition coefficient (Wildman–Crippen LogP) is 3.43. The maximum atomic E-state index is 5.45. The fourth-order valence-corrected chi connectivity index (χ4v) is 2.37. The molecule has 16 heavy (non-hydrogen) atoms. The van der Waals surface area contributed by atoms with Crippen LogP contribution in [0.5, 0.6) is 0 Å². The number of hydrogen-bond donors (Lipinski definition) is 1. The van der Waals surface area contributed by atoms with Crippen LogP contribution in [-0.2, 0) is 6.54 Å². The van der Waals surface area contributed by atoms with E-state index in [2.05, 4.69) is 54.9 Å². The minimum absolute atomic E-state index is 0.698. The van der Waals surface area contributed by atoms with Crippen LogP contribution < -0.4 is 5.32 Å². The second-order valence-electron chi connectivity index (χ2n) is 3.28. The number of nitrogens with one attached hydrogen (secondary N) is 1. The molecule has 0 aliphatic carbocycles. The van der Waals surface area contributed by atoms with Crippen molar-refractivity contribution in [1.82, 2.24) is 10.3 Å². The Kier molecular flexibility index (Phi) is 3.99. The third kappa shape index (κ3) is 2.46. The molecule has 0 aliphatic rings. The summed E-state index contributed by atoms with van der Waals surface area (Å²) in [5.41, 5.74) is 1.96. The molecule has 0 saturated carbocycles. The van der Waals surface area contributed by atoms with Crippen molar-refractivity contribution in [2.45, 2.75) is 6.54 Å². The lowest BCUT2D eigenvalue weighted by molar-refractivity contribution is 0.570. The van der Waals surface area contributed by atoms with Gasteiger partial charge in [-0.15, -0.1) is 0 Å². The zero-order valence-electron chi connectivity index (χ0n) is 8.63. The molecular formula is C11H10BrIN2O. The quantitative estimate of drug-likeness (QED) is 0.813. The van der Waals surface area contributed by atoms with E-state index in [1.165, 1.54) is 9.96 Å². The van der Waals surface area contributed by atoms with Gasteiger partial charge in [-0.05, 0) is 47.8 Å². The van der Waals surface area contributed by atoms with E-state index in [9.17, 15) is 0 Å². The third-order valence-electron chi connectivity index (χ3n) is 2.16. The number of benzene rings is 1. The molecule has 2 aromatic rings. The summed E-state index contributed by atoms with van der Waals surface area (Å²) in [6.45, 7) is 0.698. The van der Waals surface area contributed by atoms with Crippen LogP contribution in [0.1, 0.15) is 5.69 Å². The first-order valence-corrected chi connectivity index (χ1v) is 6.62. The normalized spacial score (nSPS) is 10.7. The van der Waals surface area contributed by atoms with Gasteiger partial charge in [-0.2, -0.15) is 0 Å². The van der Waals surface area contributed by atoms with Crippen LogP contribution in [0.2, 0.25) is 0 Å². The van der Waals surface area contributed by atoms with Crippen LogP contribution in [0.25, 0.3) is 11.3 Å². The Balaban J connectivity index is 2.49. The van der Waals surface area contributed by atoms with Crippen LogP contribution in [-0.4, -0.2) is 12.0 Å². The second kappa shape index (κ2) is 5.29. The predicted molar refractivity (Wildman–Crippen MR) is 75.1 cm³/mol. The van der Waals surface area contributed by atoms with Gasteiger partial charge in [0.25, 0.3) is 0 Å². The Morgan fingerprint density at radius 1 is 1.50 bits per heavy atom. The molecule has 1 N–H and O–H groups in total. The fourth-order valence-electron chi connectivity index (χ4n) is 1.45. The van der Waals surface area contributed by atoms with E-state index in [1.54, 1.807) is 0 Å². The van der Waals surface area contributed by atoms with E-state index in [1.807, 2.05) is 19.2 Å². The molecule has 1 aromatic heterocycles. The zero-order chi connectivity index (χ0) is 11.5. The zero-order valence-corrected chi connectivity index (χ0v) is 12.4. The number of hydrogen-bond acceptors (Lipinski definition) is 3. The maximum Gasteiger partial charge on any atom is 0.181 e. The summed E-state index contributed by atoms with van der Waals surface area (Å²) in [5.74, 6) is 0.819. The van der Waals surface area contributed by atoms with E-state index >= 15 is 0 Å². The highest BCUT2D eigenvalue weighted by molar-refractivity contribution is 14.1. The van der Waals surface area contributed by atoms with Gasteiger partial charge in [-0.3, -0.25) is 0 Å². The van der Waals surface area contributed by atoms with Crippen molar-refractivity contribution in [3.63, 3.8) is 0 Å². The highest BCUT2D eigenvalue weighted by Crippen LogP contribution is 2.31. The van der Waals surface area contributed by atoms with Crippen molar-refractivity contribution >= 4 is 38.5 Å². The lowest BCUT2D eigenvalue weighted by Gasteiger charge is -2.04. The Morgan fingerprint density at radius 3 is 3.06 bits per heavy atom. The van der Waals surface area contributed by atoms with E-state index in [4.69, 9.17) is 4.42 Å². The minimum Gasteiger partial charge on any atom is -0.443 e. The van der Waals surface area contributed by atoms with Crippen molar-refractivity contribution in [3.05, 3.63) is 38.3 Å². The summed E-state index contributed by atoms with van der Waals surface area (Å²) in [5, 5.41) is 3.07. The molecule has 0 unspecified atom stereocenters. The van der Waals surface area contributed by atoms with Crippen LogP contribution in [0.15, 0.2) is 33.5 Å². The van der Waals surface area contributed by atoms with Gasteiger partial charge in [0.15, 0.2) is 12.2 Å². The molecule has 3 nitrogen and oxygen atoms in total. The van der Waals surface area contributed by atoms with Gasteiger partial charge < -0.3 is 9.73 Å². The molecule has 5 heteroatoms. The van der Waals surface area contributed by atoms with Crippen LogP contribution in [0, 0.1) is 3.57 Å². The topological polar surface area (TPSA) is 38.1 Å². The van der Waals surface area contributed by atoms with E-state index in [-0.39, 0.29) is 0 Å². The maximum absolute atomic E-state index is 5.45. The molecule has 0 spiro atoms. The summed E-state index contributed by atoms with van der Waals surface area (Å²) < 4.78 is 7.64. The molecule has 0 fully saturated rings. The molecule has 1 aromatic carbocycles. The van der Waals surface area contributed by atoms with Gasteiger partial charge in [0.05, 0.1) is 0 Å². The number of nitrogens with zero attached hydrogens (tertiary/aromatic N) is 1. The van der Waals surface area contributed by atoms with E-state index in [0.717, 1.165) is 21.5 Å². The van der Waals surface area contributed by atoms with Crippen molar-refractivity contribution < 1.29 is 4.42 Å². The molecule has 0 radical (unpaired) electrons. The van der Waals surface area contributed by atoms with E-state index < -0.39 is 0 Å². The highest BCUT2D eigenvalue weighted by atomic mass is 127. The van der Waals surface area contributed by atoms with Gasteiger partial charge in [0, 0.05) is 20.2 Å². The average molecular weight is 393 g/mol. The molecule has 2 rings (SSSR count). The smallest absolute Gasteiger partial charge is 0.181 e. The molecule has 0 saturated heterocycles. The Labute approximate surface area is 116 Å². The Morgan fingerprint density at radius 2 is 2.31 bits per heavy atom. The highest BCUT2D eigenvalue weighted by Gasteiger charge is 2.13. The molecule has 84 valence electrons. The Bertz CT molecular complexity index is 498. The third-order valence-corrected chi connectivity index (χ3v) is 3.52. The summed E-state index contributed by atoms with van der Waals surface area (Å²) >= 11 is 5.81. The molecule has 1 heterocycles. The molecule has 0 amide bonds. The molecule has 0 aliphatic heterocycles. The number of oxazole rings is 1. The molecular weight excluding hydrogens is 383 g/mol. The SMILES string of the molecule is CNCc1ncoc1-c1cc(I)ccc1Br. The van der Waals surface area contributed by atoms with Crippen molar-refractivity contribution in [3.8, 4) is 11.3 Å². The first-order valence-electron chi connectivity index (χ1n) is 4.74. The van der Waals surface area contributed by atoms with Crippen LogP contribution in [0.3, 0.4) is 0 Å². The van der Waals surface area contributed by atoms with Gasteiger partial charge in [-0.25, -0.2) is 4.98 Å². The van der Waals surface area contributed by atoms with E-state index in [0.29, 0.717) is 6.54 Å². The second-order valence-corrected chi connectivity index (χ2v) is 5.38. The fraction of sp³-hybridized carbons (Fsp3) is 0.182. The number of rotatable bonds is 3. The summed E-state index contributed by atoms with van der Waals surface area (Å²) in [6, 6.07) is 6.13. The minimum atomic E-state index is 0.698. The van der Waals surface area contributed by atoms with Crippen molar-refractivity contribution in [1.29, 1.82) is 0 Å². The lowest BCUT2D eigenvalue weighted by Crippen LogP contribution is -2.06. The standard InChI is InChI=1S/C11H10BrIN2O/c1-14-5-10-11(16-6-15-10)8-4-7(13)2-3-9(8)12/h2-4,6,14H,5H2,1H3. The summed E-state index contributed by atoms with van der Waals surface area (Å²) in [4.78, 5) is 4.20. The van der Waals surface area contributed by atoms with Gasteiger partial charge in [0.1, 0.15) is 5.69 Å². The first kappa shape index (κ1) is 12.1. The average Bonchev–Trinajstić information content (AvgIpc) is 2.70. The summed E-state index contributed by atoms with van der Waals surface area (Å²) in [7, 11) is 1.89. The molecule has 0 bridgehead atoms. The Hall–Kier alpha value is -0.400. The lowest BCUT2D eigenvalue weighted by atomic mass is 10.1. The summed E-state index contributed by atoms with van der Waals surface area (Å²) in [6.07, 6.45) is 1.48. The van der Waals surface area contributed by atoms with Gasteiger partial charge >= 0.3 is 0 Å².